The summed E-state index contributed by atoms with van der Waals surface area (Å²) >= 11 is 0. The minimum Gasteiger partial charge on any atom is -0.331 e. The van der Waals surface area contributed by atoms with Crippen molar-refractivity contribution in [2.75, 3.05) is 10.6 Å². The number of nitrogens with zero attached hydrogens (tertiary/aromatic N) is 3. The third kappa shape index (κ3) is 2.98. The number of amides is 2. The van der Waals surface area contributed by atoms with Crippen molar-refractivity contribution >= 4 is 23.7 Å². The lowest BCUT2D eigenvalue weighted by atomic mass is 10.3. The average molecular weight is 297 g/mol. The summed E-state index contributed by atoms with van der Waals surface area (Å²) in [5.41, 5.74) is 0.201. The molecule has 9 heteroatoms. The first kappa shape index (κ1) is 13.5. The van der Waals surface area contributed by atoms with Gasteiger partial charge in [0.05, 0.1) is 0 Å². The zero-order valence-corrected chi connectivity index (χ0v) is 11.2. The summed E-state index contributed by atoms with van der Waals surface area (Å²) in [5, 5.41) is 5.06. The van der Waals surface area contributed by atoms with E-state index in [0.29, 0.717) is 11.9 Å². The van der Waals surface area contributed by atoms with Gasteiger partial charge in [-0.2, -0.15) is 0 Å². The zero-order chi connectivity index (χ0) is 15.4. The fourth-order valence-electron chi connectivity index (χ4n) is 1.70. The number of nitrogens with one attached hydrogen (secondary N) is 4. The van der Waals surface area contributed by atoms with E-state index in [1.54, 1.807) is 18.5 Å². The number of carbonyl (C=O) groups is 2. The van der Waals surface area contributed by atoms with Gasteiger partial charge in [-0.1, -0.05) is 6.07 Å². The van der Waals surface area contributed by atoms with E-state index in [0.717, 1.165) is 0 Å². The van der Waals surface area contributed by atoms with Gasteiger partial charge in [0, 0.05) is 24.8 Å². The van der Waals surface area contributed by atoms with Crippen molar-refractivity contribution in [1.29, 1.82) is 0 Å². The predicted octanol–water partition coefficient (Wildman–Crippen LogP) is 1.03. The van der Waals surface area contributed by atoms with E-state index in [1.807, 2.05) is 0 Å². The first-order chi connectivity index (χ1) is 10.7. The average Bonchev–Trinajstić information content (AvgIpc) is 3.21. The molecule has 0 spiro atoms. The van der Waals surface area contributed by atoms with E-state index >= 15 is 0 Å². The van der Waals surface area contributed by atoms with Gasteiger partial charge in [-0.25, -0.2) is 15.0 Å². The quantitative estimate of drug-likeness (QED) is 0.571. The molecule has 0 atom stereocenters. The minimum absolute atomic E-state index is 0.100. The highest BCUT2D eigenvalue weighted by Gasteiger charge is 2.13. The van der Waals surface area contributed by atoms with Gasteiger partial charge in [-0.15, -0.1) is 0 Å². The Morgan fingerprint density at radius 1 is 0.864 bits per heavy atom. The second kappa shape index (κ2) is 5.87. The summed E-state index contributed by atoms with van der Waals surface area (Å²) in [6.07, 6.45) is 6.18. The normalized spacial score (nSPS) is 10.2. The molecule has 3 rings (SSSR count). The number of aromatic nitrogens is 5. The number of rotatable bonds is 4. The van der Waals surface area contributed by atoms with E-state index in [9.17, 15) is 9.59 Å². The summed E-state index contributed by atoms with van der Waals surface area (Å²) < 4.78 is 0. The SMILES string of the molecule is O=C(Nc1ncc[nH]1)c1cccc(C(=O)Nc2ncc[nH]2)n1. The Hall–Kier alpha value is -3.49. The van der Waals surface area contributed by atoms with Crippen molar-refractivity contribution in [1.82, 2.24) is 24.9 Å². The fourth-order valence-corrected chi connectivity index (χ4v) is 1.70. The Bertz CT molecular complexity index is 717. The number of hydrogen-bond donors (Lipinski definition) is 4. The van der Waals surface area contributed by atoms with Crippen LogP contribution in [0.15, 0.2) is 43.0 Å². The highest BCUT2D eigenvalue weighted by molar-refractivity contribution is 6.05. The molecule has 4 N–H and O–H groups in total. The van der Waals surface area contributed by atoms with Crippen LogP contribution >= 0.6 is 0 Å². The van der Waals surface area contributed by atoms with Gasteiger partial charge < -0.3 is 9.97 Å². The van der Waals surface area contributed by atoms with Crippen LogP contribution in [0.2, 0.25) is 0 Å². The van der Waals surface area contributed by atoms with E-state index in [-0.39, 0.29) is 11.4 Å². The molecule has 110 valence electrons. The molecule has 0 saturated carbocycles. The van der Waals surface area contributed by atoms with E-state index < -0.39 is 11.8 Å². The second-order valence-corrected chi connectivity index (χ2v) is 4.19. The summed E-state index contributed by atoms with van der Waals surface area (Å²) in [4.78, 5) is 41.3. The number of imidazole rings is 2. The number of hydrogen-bond acceptors (Lipinski definition) is 5. The third-order valence-corrected chi connectivity index (χ3v) is 2.67. The van der Waals surface area contributed by atoms with Crippen LogP contribution in [0.4, 0.5) is 11.9 Å². The first-order valence-corrected chi connectivity index (χ1v) is 6.31. The number of aromatic amines is 2. The molecule has 3 aromatic heterocycles. The molecule has 9 nitrogen and oxygen atoms in total. The highest BCUT2D eigenvalue weighted by atomic mass is 16.2. The maximum atomic E-state index is 12.0. The monoisotopic (exact) mass is 297 g/mol. The van der Waals surface area contributed by atoms with Crippen LogP contribution in [0.1, 0.15) is 21.0 Å². The Morgan fingerprint density at radius 2 is 1.36 bits per heavy atom. The highest BCUT2D eigenvalue weighted by Crippen LogP contribution is 2.05. The molecule has 0 aliphatic carbocycles. The van der Waals surface area contributed by atoms with Gasteiger partial charge >= 0.3 is 0 Å². The molecule has 0 bridgehead atoms. The molecule has 22 heavy (non-hydrogen) atoms. The van der Waals surface area contributed by atoms with Crippen LogP contribution in [0.5, 0.6) is 0 Å². The lowest BCUT2D eigenvalue weighted by Gasteiger charge is -2.04. The van der Waals surface area contributed by atoms with E-state index in [1.165, 1.54) is 24.5 Å². The van der Waals surface area contributed by atoms with Gasteiger partial charge in [0.25, 0.3) is 11.8 Å². The zero-order valence-electron chi connectivity index (χ0n) is 11.2. The van der Waals surface area contributed by atoms with Crippen LogP contribution in [0.3, 0.4) is 0 Å². The van der Waals surface area contributed by atoms with Crippen molar-refractivity contribution in [3.05, 3.63) is 54.4 Å². The Kier molecular flexibility index (Phi) is 3.60. The van der Waals surface area contributed by atoms with Crippen LogP contribution in [0, 0.1) is 0 Å². The first-order valence-electron chi connectivity index (χ1n) is 6.31. The van der Waals surface area contributed by atoms with Gasteiger partial charge in [0.1, 0.15) is 11.4 Å². The fraction of sp³-hybridized carbons (Fsp3) is 0. The van der Waals surface area contributed by atoms with Gasteiger partial charge in [-0.05, 0) is 12.1 Å². The molecule has 3 heterocycles. The molecule has 2 amide bonds. The Morgan fingerprint density at radius 3 is 1.77 bits per heavy atom. The lowest BCUT2D eigenvalue weighted by Crippen LogP contribution is -2.19. The van der Waals surface area contributed by atoms with Crippen LogP contribution in [-0.2, 0) is 0 Å². The van der Waals surface area contributed by atoms with Gasteiger partial charge in [0.2, 0.25) is 11.9 Å². The summed E-state index contributed by atoms with van der Waals surface area (Å²) in [6.45, 7) is 0. The maximum absolute atomic E-state index is 12.0. The number of carbonyl (C=O) groups excluding carboxylic acids is 2. The molecule has 0 fully saturated rings. The van der Waals surface area contributed by atoms with E-state index in [2.05, 4.69) is 35.6 Å². The second-order valence-electron chi connectivity index (χ2n) is 4.19. The smallest absolute Gasteiger partial charge is 0.276 e. The van der Waals surface area contributed by atoms with Crippen LogP contribution in [0.25, 0.3) is 0 Å². The predicted molar refractivity (Wildman–Crippen MR) is 77.3 cm³/mol. The molecule has 0 saturated heterocycles. The number of pyridine rings is 1. The van der Waals surface area contributed by atoms with Gasteiger partial charge in [-0.3, -0.25) is 20.2 Å². The van der Waals surface area contributed by atoms with Crippen molar-refractivity contribution in [3.63, 3.8) is 0 Å². The Labute approximate surface area is 124 Å². The molecular formula is C13H11N7O2. The summed E-state index contributed by atoms with van der Waals surface area (Å²) in [6, 6.07) is 4.57. The van der Waals surface area contributed by atoms with Crippen molar-refractivity contribution in [2.45, 2.75) is 0 Å². The van der Waals surface area contributed by atoms with E-state index in [4.69, 9.17) is 0 Å². The largest absolute Gasteiger partial charge is 0.331 e. The molecule has 0 radical (unpaired) electrons. The third-order valence-electron chi connectivity index (χ3n) is 2.67. The van der Waals surface area contributed by atoms with Crippen molar-refractivity contribution < 1.29 is 9.59 Å². The lowest BCUT2D eigenvalue weighted by molar-refractivity contribution is 0.101. The Balaban J connectivity index is 1.74. The molecule has 0 aliphatic heterocycles. The molecule has 0 aromatic carbocycles. The standard InChI is InChI=1S/C13H11N7O2/c21-10(19-12-14-4-5-15-12)8-2-1-3-9(18-8)11(22)20-13-16-6-7-17-13/h1-7H,(H2,14,15,19,21)(H2,16,17,20,22). The van der Waals surface area contributed by atoms with Gasteiger partial charge in [0.15, 0.2) is 0 Å². The minimum atomic E-state index is -0.470. The molecule has 3 aromatic rings. The molecule has 0 unspecified atom stereocenters. The van der Waals surface area contributed by atoms with Crippen molar-refractivity contribution in [3.8, 4) is 0 Å². The number of anilines is 2. The number of H-pyrrole nitrogens is 2. The van der Waals surface area contributed by atoms with Crippen LogP contribution in [-0.4, -0.2) is 36.7 Å². The topological polar surface area (TPSA) is 128 Å². The van der Waals surface area contributed by atoms with Crippen LogP contribution < -0.4 is 10.6 Å². The maximum Gasteiger partial charge on any atom is 0.276 e. The molecule has 0 aliphatic rings. The summed E-state index contributed by atoms with van der Waals surface area (Å²) in [7, 11) is 0. The summed E-state index contributed by atoms with van der Waals surface area (Å²) in [5.74, 6) is -0.334. The molecular weight excluding hydrogens is 286 g/mol. The van der Waals surface area contributed by atoms with Crippen molar-refractivity contribution in [2.24, 2.45) is 0 Å².